The van der Waals surface area contributed by atoms with E-state index in [9.17, 15) is 24.0 Å². The molecule has 0 aromatic carbocycles. The van der Waals surface area contributed by atoms with Gasteiger partial charge < -0.3 is 40.2 Å². The minimum Gasteiger partial charge on any atom is -0.481 e. The van der Waals surface area contributed by atoms with Gasteiger partial charge in [0, 0.05) is 45.4 Å². The maximum absolute atomic E-state index is 12.6. The Kier molecular flexibility index (Phi) is 16.9. The summed E-state index contributed by atoms with van der Waals surface area (Å²) in [5.41, 5.74) is 0. The molecule has 1 aliphatic rings. The average Bonchev–Trinajstić information content (AvgIpc) is 3.29. The van der Waals surface area contributed by atoms with Gasteiger partial charge in [0.15, 0.2) is 0 Å². The minimum atomic E-state index is -1.15. The third kappa shape index (κ3) is 15.2. The first kappa shape index (κ1) is 32.3. The smallest absolute Gasteiger partial charge is 0.305 e. The molecule has 1 rings (SSSR count). The number of amides is 4. The van der Waals surface area contributed by atoms with Crippen LogP contribution in [0.1, 0.15) is 51.9 Å². The number of nitrogens with zero attached hydrogens (tertiary/aromatic N) is 1. The summed E-state index contributed by atoms with van der Waals surface area (Å²) < 4.78 is 16.1. The fourth-order valence-corrected chi connectivity index (χ4v) is 3.69. The first-order valence-electron chi connectivity index (χ1n) is 12.8. The van der Waals surface area contributed by atoms with Crippen LogP contribution in [0.4, 0.5) is 0 Å². The summed E-state index contributed by atoms with van der Waals surface area (Å²) in [5, 5.41) is 16.8. The predicted molar refractivity (Wildman–Crippen MR) is 133 cm³/mol. The molecule has 0 aromatic rings. The molecule has 1 heterocycles. The Morgan fingerprint density at radius 3 is 2.11 bits per heavy atom. The van der Waals surface area contributed by atoms with Gasteiger partial charge in [0.1, 0.15) is 6.04 Å². The number of carbonyl (C=O) groups excluding carboxylic acids is 4. The van der Waals surface area contributed by atoms with Crippen molar-refractivity contribution in [2.24, 2.45) is 0 Å². The highest BCUT2D eigenvalue weighted by Crippen LogP contribution is 2.18. The van der Waals surface area contributed by atoms with E-state index < -0.39 is 24.3 Å². The molecule has 0 aliphatic carbocycles. The zero-order chi connectivity index (χ0) is 27.5. The van der Waals surface area contributed by atoms with Crippen LogP contribution in [-0.2, 0) is 38.2 Å². The largest absolute Gasteiger partial charge is 0.481 e. The van der Waals surface area contributed by atoms with Crippen LogP contribution in [0, 0.1) is 0 Å². The van der Waals surface area contributed by atoms with E-state index >= 15 is 0 Å². The predicted octanol–water partition coefficient (Wildman–Crippen LogP) is -0.571. The summed E-state index contributed by atoms with van der Waals surface area (Å²) in [7, 11) is 1.56. The maximum Gasteiger partial charge on any atom is 0.305 e. The van der Waals surface area contributed by atoms with Gasteiger partial charge >= 0.3 is 5.97 Å². The highest BCUT2D eigenvalue weighted by atomic mass is 16.5. The summed E-state index contributed by atoms with van der Waals surface area (Å²) >= 11 is 0. The fourth-order valence-electron chi connectivity index (χ4n) is 3.69. The van der Waals surface area contributed by atoms with Gasteiger partial charge in [-0.3, -0.25) is 24.0 Å². The zero-order valence-corrected chi connectivity index (χ0v) is 21.9. The van der Waals surface area contributed by atoms with Gasteiger partial charge in [-0.25, -0.2) is 0 Å². The maximum atomic E-state index is 12.6. The number of hydrogen-bond acceptors (Lipinski definition) is 8. The third-order valence-corrected chi connectivity index (χ3v) is 5.72. The van der Waals surface area contributed by atoms with Crippen molar-refractivity contribution in [3.63, 3.8) is 0 Å². The lowest BCUT2D eigenvalue weighted by Crippen LogP contribution is -2.50. The number of carboxylic acids is 1. The molecule has 2 unspecified atom stereocenters. The van der Waals surface area contributed by atoms with Gasteiger partial charge in [0.05, 0.1) is 46.1 Å². The number of hydrogen-bond donors (Lipinski definition) is 4. The number of carboxylic acid groups (broad SMARTS) is 1. The van der Waals surface area contributed by atoms with E-state index in [1.807, 2.05) is 6.92 Å². The minimum absolute atomic E-state index is 0.000412. The molecule has 0 radical (unpaired) electrons. The fraction of sp³-hybridized carbons (Fsp3) is 0.792. The second kappa shape index (κ2) is 19.4. The highest BCUT2D eigenvalue weighted by molar-refractivity contribution is 5.91. The molecule has 4 N–H and O–H groups in total. The highest BCUT2D eigenvalue weighted by Gasteiger charge is 2.32. The molecule has 2 atom stereocenters. The van der Waals surface area contributed by atoms with E-state index in [0.717, 1.165) is 12.8 Å². The average molecular weight is 531 g/mol. The van der Waals surface area contributed by atoms with E-state index in [0.29, 0.717) is 52.4 Å². The van der Waals surface area contributed by atoms with Crippen molar-refractivity contribution in [1.82, 2.24) is 20.9 Å². The van der Waals surface area contributed by atoms with Crippen LogP contribution in [0.2, 0.25) is 0 Å². The van der Waals surface area contributed by atoms with Crippen molar-refractivity contribution in [3.05, 3.63) is 0 Å². The Morgan fingerprint density at radius 1 is 0.892 bits per heavy atom. The van der Waals surface area contributed by atoms with Crippen LogP contribution < -0.4 is 16.0 Å². The van der Waals surface area contributed by atoms with Crippen molar-refractivity contribution >= 4 is 29.6 Å². The SMILES string of the molecule is CNC(=O)CCCC(=O)NCCOCCOCCOCCC(=O)NC(CC(=O)O)C(=O)N1CCCC1C. The van der Waals surface area contributed by atoms with Crippen LogP contribution in [0.3, 0.4) is 0 Å². The lowest BCUT2D eigenvalue weighted by Gasteiger charge is -2.26. The topological polar surface area (TPSA) is 173 Å². The van der Waals surface area contributed by atoms with E-state index in [2.05, 4.69) is 16.0 Å². The van der Waals surface area contributed by atoms with Gasteiger partial charge in [-0.2, -0.15) is 0 Å². The summed E-state index contributed by atoms with van der Waals surface area (Å²) in [6.07, 6.45) is 2.37. The van der Waals surface area contributed by atoms with E-state index in [1.165, 1.54) is 0 Å². The Bertz CT molecular complexity index is 735. The molecule has 13 nitrogen and oxygen atoms in total. The summed E-state index contributed by atoms with van der Waals surface area (Å²) in [4.78, 5) is 60.3. The number of rotatable bonds is 20. The zero-order valence-electron chi connectivity index (χ0n) is 21.9. The first-order chi connectivity index (χ1) is 17.7. The van der Waals surface area contributed by atoms with Gasteiger partial charge in [-0.1, -0.05) is 0 Å². The lowest BCUT2D eigenvalue weighted by atomic mass is 10.1. The van der Waals surface area contributed by atoms with Crippen LogP contribution in [0.5, 0.6) is 0 Å². The van der Waals surface area contributed by atoms with Crippen LogP contribution in [0.15, 0.2) is 0 Å². The molecular formula is C24H42N4O9. The Morgan fingerprint density at radius 2 is 1.51 bits per heavy atom. The molecule has 0 saturated carbocycles. The Labute approximate surface area is 217 Å². The van der Waals surface area contributed by atoms with Crippen LogP contribution in [0.25, 0.3) is 0 Å². The quantitative estimate of drug-likeness (QED) is 0.150. The second-order valence-electron chi connectivity index (χ2n) is 8.70. The molecule has 0 bridgehead atoms. The van der Waals surface area contributed by atoms with Crippen LogP contribution in [-0.4, -0.2) is 111 Å². The number of ether oxygens (including phenoxy) is 3. The Hall–Kier alpha value is -2.77. The lowest BCUT2D eigenvalue weighted by molar-refractivity contribution is -0.144. The molecule has 13 heteroatoms. The molecule has 0 aromatic heterocycles. The first-order valence-corrected chi connectivity index (χ1v) is 12.8. The molecule has 1 fully saturated rings. The molecular weight excluding hydrogens is 488 g/mol. The van der Waals surface area contributed by atoms with Crippen molar-refractivity contribution < 1.29 is 43.3 Å². The van der Waals surface area contributed by atoms with E-state index in [1.54, 1.807) is 11.9 Å². The molecule has 0 spiro atoms. The van der Waals surface area contributed by atoms with E-state index in [-0.39, 0.29) is 49.8 Å². The number of nitrogens with one attached hydrogen (secondary N) is 3. The number of aliphatic carboxylic acids is 1. The van der Waals surface area contributed by atoms with Crippen molar-refractivity contribution in [2.45, 2.75) is 64.0 Å². The molecule has 1 aliphatic heterocycles. The monoisotopic (exact) mass is 530 g/mol. The second-order valence-corrected chi connectivity index (χ2v) is 8.70. The summed E-state index contributed by atoms with van der Waals surface area (Å²) in [6.45, 7) is 4.58. The third-order valence-electron chi connectivity index (χ3n) is 5.72. The molecule has 4 amide bonds. The van der Waals surface area contributed by atoms with Crippen LogP contribution >= 0.6 is 0 Å². The summed E-state index contributed by atoms with van der Waals surface area (Å²) in [5.74, 6) is -2.17. The Balaban J connectivity index is 2.02. The van der Waals surface area contributed by atoms with E-state index in [4.69, 9.17) is 19.3 Å². The van der Waals surface area contributed by atoms with Crippen molar-refractivity contribution in [2.75, 3.05) is 59.8 Å². The number of carbonyl (C=O) groups is 5. The number of likely N-dealkylation sites (tertiary alicyclic amines) is 1. The van der Waals surface area contributed by atoms with Gasteiger partial charge in [0.25, 0.3) is 0 Å². The molecule has 1 saturated heterocycles. The van der Waals surface area contributed by atoms with Gasteiger partial charge in [-0.15, -0.1) is 0 Å². The van der Waals surface area contributed by atoms with Gasteiger partial charge in [-0.05, 0) is 26.2 Å². The molecule has 37 heavy (non-hydrogen) atoms. The van der Waals surface area contributed by atoms with Gasteiger partial charge in [0.2, 0.25) is 23.6 Å². The normalized spacial score (nSPS) is 15.7. The molecule has 212 valence electrons. The summed E-state index contributed by atoms with van der Waals surface area (Å²) in [6, 6.07) is -1.05. The standard InChI is InChI=1S/C24H42N4O9/c1-18-5-4-10-28(18)24(34)19(17-23(32)33)27-22(31)8-11-35-13-15-37-16-14-36-12-9-26-21(30)7-3-6-20(29)25-2/h18-19H,3-17H2,1-2H3,(H,25,29)(H,26,30)(H,27,31)(H,32,33). The van der Waals surface area contributed by atoms with Crippen molar-refractivity contribution in [1.29, 1.82) is 0 Å². The van der Waals surface area contributed by atoms with Crippen molar-refractivity contribution in [3.8, 4) is 0 Å².